The minimum absolute atomic E-state index is 0.0425. The number of carbonyl (C=O) groups excluding carboxylic acids is 5. The van der Waals surface area contributed by atoms with E-state index in [1.165, 1.54) is 4.31 Å². The highest BCUT2D eigenvalue weighted by Crippen LogP contribution is 2.48. The van der Waals surface area contributed by atoms with Gasteiger partial charge < -0.3 is 42.0 Å². The normalized spacial score (nSPS) is 20.8. The molecule has 2 aromatic carbocycles. The van der Waals surface area contributed by atoms with E-state index in [4.69, 9.17) is 10.5 Å². The maximum absolute atomic E-state index is 13.9. The van der Waals surface area contributed by atoms with Crippen LogP contribution in [-0.4, -0.2) is 123 Å². The van der Waals surface area contributed by atoms with Crippen LogP contribution in [0.2, 0.25) is 0 Å². The number of hydrogen-bond acceptors (Lipinski definition) is 10. The second-order valence-corrected chi connectivity index (χ2v) is 20.8. The van der Waals surface area contributed by atoms with Gasteiger partial charge in [-0.05, 0) is 69.6 Å². The largest absolute Gasteiger partial charge is 0.374 e. The quantitative estimate of drug-likeness (QED) is 0.0750. The molecular weight excluding hydrogens is 833 g/mol. The van der Waals surface area contributed by atoms with Crippen LogP contribution in [0.15, 0.2) is 54.6 Å². The Morgan fingerprint density at radius 1 is 0.919 bits per heavy atom. The van der Waals surface area contributed by atoms with E-state index in [1.54, 1.807) is 30.9 Å². The van der Waals surface area contributed by atoms with E-state index in [2.05, 4.69) is 26.6 Å². The Kier molecular flexibility index (Phi) is 16.2. The van der Waals surface area contributed by atoms with E-state index in [0.29, 0.717) is 62.8 Å². The van der Waals surface area contributed by atoms with Crippen molar-refractivity contribution in [3.8, 4) is 0 Å². The monoisotopic (exact) mass is 896 g/mol. The molecule has 0 radical (unpaired) electrons. The molecule has 4 aliphatic rings. The van der Waals surface area contributed by atoms with Crippen molar-refractivity contribution in [2.75, 3.05) is 55.1 Å². The number of thioether (sulfide) groups is 1. The van der Waals surface area contributed by atoms with Crippen LogP contribution in [0.3, 0.4) is 0 Å². The van der Waals surface area contributed by atoms with Crippen LogP contribution < -0.4 is 36.6 Å². The van der Waals surface area contributed by atoms with Gasteiger partial charge in [-0.1, -0.05) is 67.8 Å². The van der Waals surface area contributed by atoms with Gasteiger partial charge >= 0.3 is 6.03 Å². The van der Waals surface area contributed by atoms with E-state index in [0.717, 1.165) is 55.4 Å². The first-order valence-corrected chi connectivity index (χ1v) is 24.6. The number of nitrogens with one attached hydrogen (secondary N) is 5. The molecule has 6 rings (SSSR count). The minimum atomic E-state index is -4.03. The maximum Gasteiger partial charge on any atom is 0.315 e. The predicted octanol–water partition coefficient (Wildman–Crippen LogP) is 2.65. The van der Waals surface area contributed by atoms with Crippen molar-refractivity contribution in [1.29, 1.82) is 0 Å². The number of nitrogens with two attached hydrogens (primary N) is 1. The van der Waals surface area contributed by atoms with Crippen molar-refractivity contribution < 1.29 is 37.1 Å². The lowest BCUT2D eigenvalue weighted by Gasteiger charge is -2.41. The first kappa shape index (κ1) is 47.1. The summed E-state index contributed by atoms with van der Waals surface area (Å²) in [5.74, 6) is -1.03. The molecular formula is C44H64N8O8S2. The number of nitrogens with zero attached hydrogens (tertiary/aromatic N) is 2. The SMILES string of the molecule is CC(C)(N)C(=O)N[C@H](COCc1ccccc1)C(=O)N1CCC2(CC1)CN(S(=O)(=O)CC(=O)NCCCCCCNC(=O)CCCC[C@@H]1SCC3NC(=O)NC31)c1ccccc12. The fourth-order valence-electron chi connectivity index (χ4n) is 8.74. The van der Waals surface area contributed by atoms with Gasteiger partial charge in [0.1, 0.15) is 11.8 Å². The van der Waals surface area contributed by atoms with Crippen LogP contribution in [0.5, 0.6) is 0 Å². The van der Waals surface area contributed by atoms with Crippen LogP contribution in [0.25, 0.3) is 0 Å². The van der Waals surface area contributed by atoms with Gasteiger partial charge in [0.15, 0.2) is 0 Å². The van der Waals surface area contributed by atoms with Crippen molar-refractivity contribution in [2.24, 2.45) is 5.73 Å². The van der Waals surface area contributed by atoms with Gasteiger partial charge in [0.05, 0.1) is 36.5 Å². The zero-order chi connectivity index (χ0) is 44.3. The fraction of sp³-hybridized carbons (Fsp3) is 0.614. The lowest BCUT2D eigenvalue weighted by atomic mass is 9.74. The number of benzene rings is 2. The Morgan fingerprint density at radius 3 is 2.31 bits per heavy atom. The van der Waals surface area contributed by atoms with Crippen molar-refractivity contribution in [3.05, 3.63) is 65.7 Å². The molecule has 18 heteroatoms. The number of likely N-dealkylation sites (tertiary alicyclic amines) is 1. The van der Waals surface area contributed by atoms with Crippen molar-refractivity contribution >= 4 is 57.1 Å². The Labute approximate surface area is 370 Å². The highest BCUT2D eigenvalue weighted by molar-refractivity contribution is 8.00. The third kappa shape index (κ3) is 12.4. The van der Waals surface area contributed by atoms with Gasteiger partial charge in [0, 0.05) is 55.6 Å². The van der Waals surface area contributed by atoms with Gasteiger partial charge in [-0.15, -0.1) is 0 Å². The van der Waals surface area contributed by atoms with Crippen LogP contribution in [-0.2, 0) is 46.0 Å². The number of amides is 6. The molecule has 3 saturated heterocycles. The number of anilines is 1. The summed E-state index contributed by atoms with van der Waals surface area (Å²) < 4.78 is 34.9. The Morgan fingerprint density at radius 2 is 1.60 bits per heavy atom. The third-order valence-electron chi connectivity index (χ3n) is 12.3. The number of hydrogen-bond donors (Lipinski definition) is 6. The standard InChI is InChI=1S/C44H64N8O8S2/c1-43(2,45)41(56)48-33(27-60-26-31-14-6-5-7-15-31)40(55)51-24-20-44(21-25-51)30-52(35-17-9-8-16-32(35)44)62(58,59)29-38(54)47-23-13-4-3-12-22-46-37(53)19-11-10-18-36-39-34(28-61-36)49-42(57)50-39/h5-9,14-17,33-34,36,39H,3-4,10-13,18-30,45H2,1-2H3,(H,46,53)(H,47,54)(H,48,56)(H2,49,50,57)/t33-,34?,36+,39?/m1/s1. The summed E-state index contributed by atoms with van der Waals surface area (Å²) in [6.45, 7) is 5.16. The molecule has 4 aliphatic heterocycles. The smallest absolute Gasteiger partial charge is 0.315 e. The Balaban J connectivity index is 0.893. The van der Waals surface area contributed by atoms with E-state index in [1.807, 2.05) is 54.2 Å². The van der Waals surface area contributed by atoms with E-state index in [-0.39, 0.29) is 49.7 Å². The number of para-hydroxylation sites is 1. The lowest BCUT2D eigenvalue weighted by Crippen LogP contribution is -2.59. The van der Waals surface area contributed by atoms with Crippen molar-refractivity contribution in [2.45, 2.75) is 119 Å². The summed E-state index contributed by atoms with van der Waals surface area (Å²) in [4.78, 5) is 65.3. The van der Waals surface area contributed by atoms with Gasteiger partial charge in [-0.2, -0.15) is 11.8 Å². The number of rotatable bonds is 22. The molecule has 0 bridgehead atoms. The number of piperidine rings is 1. The molecule has 1 spiro atoms. The number of fused-ring (bicyclic) bond motifs is 3. The Hall–Kier alpha value is -4.39. The third-order valence-corrected chi connectivity index (χ3v) is 15.4. The average Bonchev–Trinajstić information content (AvgIpc) is 3.91. The number of unbranched alkanes of at least 4 members (excludes halogenated alkanes) is 4. The first-order chi connectivity index (χ1) is 29.6. The highest BCUT2D eigenvalue weighted by Gasteiger charge is 2.49. The molecule has 2 aromatic rings. The molecule has 7 N–H and O–H groups in total. The van der Waals surface area contributed by atoms with Gasteiger partial charge in [0.25, 0.3) is 0 Å². The first-order valence-electron chi connectivity index (χ1n) is 22.0. The van der Waals surface area contributed by atoms with E-state index >= 15 is 0 Å². The predicted molar refractivity (Wildman–Crippen MR) is 240 cm³/mol. The van der Waals surface area contributed by atoms with Crippen LogP contribution in [0, 0.1) is 0 Å². The second-order valence-electron chi connectivity index (χ2n) is 17.6. The molecule has 4 heterocycles. The molecule has 6 amide bonds. The van der Waals surface area contributed by atoms with Gasteiger partial charge in [-0.25, -0.2) is 13.2 Å². The van der Waals surface area contributed by atoms with Crippen LogP contribution in [0.1, 0.15) is 89.2 Å². The van der Waals surface area contributed by atoms with Crippen molar-refractivity contribution in [1.82, 2.24) is 31.5 Å². The topological polar surface area (TPSA) is 221 Å². The lowest BCUT2D eigenvalue weighted by molar-refractivity contribution is -0.140. The summed E-state index contributed by atoms with van der Waals surface area (Å²) in [6.07, 6.45) is 7.41. The van der Waals surface area contributed by atoms with Crippen molar-refractivity contribution in [3.63, 3.8) is 0 Å². The van der Waals surface area contributed by atoms with Gasteiger partial charge in [-0.3, -0.25) is 23.5 Å². The Bertz CT molecular complexity index is 1990. The molecule has 0 aromatic heterocycles. The van der Waals surface area contributed by atoms with Crippen LogP contribution in [0.4, 0.5) is 10.5 Å². The summed E-state index contributed by atoms with van der Waals surface area (Å²) in [5, 5.41) is 14.9. The van der Waals surface area contributed by atoms with Gasteiger partial charge in [0.2, 0.25) is 33.7 Å². The summed E-state index contributed by atoms with van der Waals surface area (Å²) >= 11 is 1.88. The summed E-state index contributed by atoms with van der Waals surface area (Å²) in [7, 11) is -4.03. The molecule has 340 valence electrons. The molecule has 16 nitrogen and oxygen atoms in total. The zero-order valence-electron chi connectivity index (χ0n) is 36.0. The maximum atomic E-state index is 13.9. The minimum Gasteiger partial charge on any atom is -0.374 e. The number of carbonyl (C=O) groups is 5. The molecule has 2 unspecified atom stereocenters. The second kappa shape index (κ2) is 21.3. The van der Waals surface area contributed by atoms with E-state index in [9.17, 15) is 32.4 Å². The molecule has 4 atom stereocenters. The molecule has 0 aliphatic carbocycles. The number of sulfonamides is 1. The fourth-order valence-corrected chi connectivity index (χ4v) is 11.8. The van der Waals surface area contributed by atoms with Crippen LogP contribution >= 0.6 is 11.8 Å². The highest BCUT2D eigenvalue weighted by atomic mass is 32.2. The number of urea groups is 1. The van der Waals surface area contributed by atoms with E-state index < -0.39 is 44.6 Å². The number of ether oxygens (including phenoxy) is 1. The molecule has 62 heavy (non-hydrogen) atoms. The summed E-state index contributed by atoms with van der Waals surface area (Å²) in [5.41, 5.74) is 6.65. The molecule has 3 fully saturated rings. The molecule has 0 saturated carbocycles. The summed E-state index contributed by atoms with van der Waals surface area (Å²) in [6, 6.07) is 16.3. The average molecular weight is 897 g/mol. The zero-order valence-corrected chi connectivity index (χ0v) is 37.6.